The van der Waals surface area contributed by atoms with Crippen molar-refractivity contribution in [3.8, 4) is 0 Å². The van der Waals surface area contributed by atoms with Crippen LogP contribution in [-0.2, 0) is 4.74 Å². The minimum Gasteiger partial charge on any atom is -0.388 e. The molecule has 1 aromatic rings. The lowest BCUT2D eigenvalue weighted by Crippen LogP contribution is -2.32. The second-order valence-electron chi connectivity index (χ2n) is 5.07. The van der Waals surface area contributed by atoms with E-state index in [1.807, 2.05) is 6.92 Å². The summed E-state index contributed by atoms with van der Waals surface area (Å²) in [5.41, 5.74) is 1.24. The summed E-state index contributed by atoms with van der Waals surface area (Å²) in [6, 6.07) is 2.16. The Hall–Kier alpha value is -0.380. The molecule has 0 saturated heterocycles. The van der Waals surface area contributed by atoms with Crippen molar-refractivity contribution in [3.63, 3.8) is 0 Å². The molecule has 1 atom stereocenters. The van der Waals surface area contributed by atoms with Gasteiger partial charge in [-0.25, -0.2) is 0 Å². The predicted molar refractivity (Wildman–Crippen MR) is 71.5 cm³/mol. The van der Waals surface area contributed by atoms with E-state index in [1.54, 1.807) is 11.3 Å². The highest BCUT2D eigenvalue weighted by Gasteiger charge is 2.31. The van der Waals surface area contributed by atoms with Gasteiger partial charge in [0.2, 0.25) is 0 Å². The minimum absolute atomic E-state index is 0.277. The van der Waals surface area contributed by atoms with Crippen molar-refractivity contribution in [3.05, 3.63) is 21.4 Å². The number of thiophene rings is 1. The van der Waals surface area contributed by atoms with E-state index >= 15 is 0 Å². The fraction of sp³-hybridized carbons (Fsp3) is 0.714. The molecule has 1 N–H and O–H groups in total. The van der Waals surface area contributed by atoms with E-state index in [2.05, 4.69) is 19.9 Å². The smallest absolute Gasteiger partial charge is 0.0887 e. The number of aliphatic hydroxyl groups excluding tert-OH is 1. The number of aliphatic hydroxyl groups is 1. The number of hydrogen-bond acceptors (Lipinski definition) is 3. The third kappa shape index (κ3) is 3.09. The molecule has 1 aliphatic rings. The third-order valence-electron chi connectivity index (χ3n) is 3.53. The van der Waals surface area contributed by atoms with Crippen LogP contribution in [0.15, 0.2) is 6.07 Å². The molecule has 2 rings (SSSR count). The zero-order valence-corrected chi connectivity index (χ0v) is 11.7. The molecule has 3 heteroatoms. The van der Waals surface area contributed by atoms with Gasteiger partial charge in [0.25, 0.3) is 0 Å². The molecule has 0 bridgehead atoms. The Kier molecular flexibility index (Phi) is 4.23. The van der Waals surface area contributed by atoms with Gasteiger partial charge in [-0.1, -0.05) is 0 Å². The van der Waals surface area contributed by atoms with Gasteiger partial charge in [0, 0.05) is 16.4 Å². The Labute approximate surface area is 108 Å². The fourth-order valence-electron chi connectivity index (χ4n) is 2.65. The molecule has 0 spiro atoms. The first-order valence-electron chi connectivity index (χ1n) is 6.46. The largest absolute Gasteiger partial charge is 0.388 e. The van der Waals surface area contributed by atoms with E-state index < -0.39 is 0 Å². The van der Waals surface area contributed by atoms with Crippen LogP contribution < -0.4 is 0 Å². The highest BCUT2D eigenvalue weighted by Crippen LogP contribution is 2.39. The average Bonchev–Trinajstić information content (AvgIpc) is 2.54. The van der Waals surface area contributed by atoms with Crippen LogP contribution in [0, 0.1) is 19.8 Å². The molecule has 0 aliphatic heterocycles. The van der Waals surface area contributed by atoms with Crippen LogP contribution in [-0.4, -0.2) is 17.8 Å². The van der Waals surface area contributed by atoms with Crippen LogP contribution in [0.4, 0.5) is 0 Å². The summed E-state index contributed by atoms with van der Waals surface area (Å²) in [7, 11) is 0. The van der Waals surface area contributed by atoms with Gasteiger partial charge in [-0.15, -0.1) is 11.3 Å². The molecule has 1 saturated carbocycles. The Balaban J connectivity index is 1.82. The molecule has 0 aromatic carbocycles. The first kappa shape index (κ1) is 13.1. The Morgan fingerprint density at radius 1 is 1.47 bits per heavy atom. The van der Waals surface area contributed by atoms with E-state index in [0.29, 0.717) is 12.0 Å². The van der Waals surface area contributed by atoms with E-state index in [0.717, 1.165) is 30.7 Å². The SMILES string of the molecule is CCOC1CC(CC(O)c2sc(C)cc2C)C1. The fourth-order valence-corrected chi connectivity index (χ4v) is 3.69. The van der Waals surface area contributed by atoms with Crippen molar-refractivity contribution in [2.24, 2.45) is 5.92 Å². The molecule has 0 radical (unpaired) electrons. The lowest BCUT2D eigenvalue weighted by Gasteiger charge is -2.36. The van der Waals surface area contributed by atoms with Gasteiger partial charge < -0.3 is 9.84 Å². The molecule has 1 unspecified atom stereocenters. The zero-order valence-electron chi connectivity index (χ0n) is 10.9. The molecule has 17 heavy (non-hydrogen) atoms. The highest BCUT2D eigenvalue weighted by molar-refractivity contribution is 7.12. The second-order valence-corrected chi connectivity index (χ2v) is 6.36. The molecule has 2 nitrogen and oxygen atoms in total. The molecule has 1 heterocycles. The Morgan fingerprint density at radius 2 is 2.18 bits per heavy atom. The van der Waals surface area contributed by atoms with E-state index in [9.17, 15) is 5.11 Å². The topological polar surface area (TPSA) is 29.5 Å². The van der Waals surface area contributed by atoms with Crippen molar-refractivity contribution < 1.29 is 9.84 Å². The van der Waals surface area contributed by atoms with Crippen LogP contribution in [0.2, 0.25) is 0 Å². The number of hydrogen-bond donors (Lipinski definition) is 1. The lowest BCUT2D eigenvalue weighted by molar-refractivity contribution is -0.0377. The van der Waals surface area contributed by atoms with Crippen LogP contribution in [0.25, 0.3) is 0 Å². The van der Waals surface area contributed by atoms with Crippen LogP contribution >= 0.6 is 11.3 Å². The zero-order chi connectivity index (χ0) is 12.4. The first-order valence-corrected chi connectivity index (χ1v) is 7.28. The summed E-state index contributed by atoms with van der Waals surface area (Å²) < 4.78 is 5.54. The van der Waals surface area contributed by atoms with Crippen LogP contribution in [0.1, 0.15) is 47.6 Å². The van der Waals surface area contributed by atoms with E-state index in [4.69, 9.17) is 4.74 Å². The number of rotatable bonds is 5. The lowest BCUT2D eigenvalue weighted by atomic mass is 9.78. The van der Waals surface area contributed by atoms with Gasteiger partial charge in [0.05, 0.1) is 12.2 Å². The molecule has 1 aliphatic carbocycles. The van der Waals surface area contributed by atoms with Gasteiger partial charge in [0.1, 0.15) is 0 Å². The maximum atomic E-state index is 10.2. The molecule has 0 amide bonds. The average molecular weight is 254 g/mol. The molecule has 1 aromatic heterocycles. The third-order valence-corrected chi connectivity index (χ3v) is 4.79. The van der Waals surface area contributed by atoms with Gasteiger partial charge in [0.15, 0.2) is 0 Å². The van der Waals surface area contributed by atoms with Crippen molar-refractivity contribution in [1.82, 2.24) is 0 Å². The van der Waals surface area contributed by atoms with Gasteiger partial charge in [-0.2, -0.15) is 0 Å². The summed E-state index contributed by atoms with van der Waals surface area (Å²) in [4.78, 5) is 2.44. The van der Waals surface area contributed by atoms with Gasteiger partial charge >= 0.3 is 0 Å². The van der Waals surface area contributed by atoms with Crippen molar-refractivity contribution >= 4 is 11.3 Å². The normalized spacial score (nSPS) is 25.6. The molecule has 1 fully saturated rings. The Morgan fingerprint density at radius 3 is 2.71 bits per heavy atom. The number of ether oxygens (including phenoxy) is 1. The first-order chi connectivity index (χ1) is 8.10. The predicted octanol–water partition coefficient (Wildman–Crippen LogP) is 3.60. The van der Waals surface area contributed by atoms with Gasteiger partial charge in [-0.05, 0) is 57.6 Å². The monoisotopic (exact) mass is 254 g/mol. The van der Waals surface area contributed by atoms with E-state index in [1.165, 1.54) is 10.4 Å². The minimum atomic E-state index is -0.277. The van der Waals surface area contributed by atoms with Crippen molar-refractivity contribution in [2.75, 3.05) is 6.61 Å². The summed E-state index contributed by atoms with van der Waals surface area (Å²) in [6.07, 6.45) is 3.30. The Bertz CT molecular complexity index is 366. The summed E-state index contributed by atoms with van der Waals surface area (Å²) >= 11 is 1.73. The summed E-state index contributed by atoms with van der Waals surface area (Å²) in [6.45, 7) is 7.04. The van der Waals surface area contributed by atoms with Gasteiger partial charge in [-0.3, -0.25) is 0 Å². The molecular weight excluding hydrogens is 232 g/mol. The molecule has 96 valence electrons. The number of aryl methyl sites for hydroxylation is 2. The second kappa shape index (κ2) is 5.51. The quantitative estimate of drug-likeness (QED) is 0.870. The van der Waals surface area contributed by atoms with Crippen LogP contribution in [0.3, 0.4) is 0 Å². The molecular formula is C14H22O2S. The maximum Gasteiger partial charge on any atom is 0.0887 e. The standard InChI is InChI=1S/C14H22O2S/c1-4-16-12-6-11(7-12)8-13(15)14-9(2)5-10(3)17-14/h5,11-13,15H,4,6-8H2,1-3H3. The summed E-state index contributed by atoms with van der Waals surface area (Å²) in [5.74, 6) is 0.642. The highest BCUT2D eigenvalue weighted by atomic mass is 32.1. The van der Waals surface area contributed by atoms with Crippen LogP contribution in [0.5, 0.6) is 0 Å². The van der Waals surface area contributed by atoms with Crippen molar-refractivity contribution in [2.45, 2.75) is 52.2 Å². The summed E-state index contributed by atoms with van der Waals surface area (Å²) in [5, 5.41) is 10.2. The van der Waals surface area contributed by atoms with Crippen molar-refractivity contribution in [1.29, 1.82) is 0 Å². The maximum absolute atomic E-state index is 10.2. The van der Waals surface area contributed by atoms with E-state index in [-0.39, 0.29) is 6.10 Å².